The number of benzene rings is 2. The molecule has 1 heterocycles. The van der Waals surface area contributed by atoms with Crippen LogP contribution in [0.25, 0.3) is 0 Å². The van der Waals surface area contributed by atoms with E-state index < -0.39 is 5.41 Å². The molecule has 1 fully saturated rings. The highest BCUT2D eigenvalue weighted by molar-refractivity contribution is 5.88. The first-order valence-electron chi connectivity index (χ1n) is 10.9. The number of ether oxygens (including phenoxy) is 1. The van der Waals surface area contributed by atoms with Gasteiger partial charge in [0.05, 0.1) is 12.5 Å². The van der Waals surface area contributed by atoms with E-state index in [-0.39, 0.29) is 11.9 Å². The SMILES string of the molecule is COC(=O)C(C)(CCCN1CCN(c2ccc(NC(C)=O)cc2)CC1)c1ccccc1. The van der Waals surface area contributed by atoms with Gasteiger partial charge in [0, 0.05) is 44.5 Å². The first kappa shape index (κ1) is 22.8. The average Bonchev–Trinajstić information content (AvgIpc) is 2.79. The van der Waals surface area contributed by atoms with Gasteiger partial charge in [-0.1, -0.05) is 30.3 Å². The van der Waals surface area contributed by atoms with Crippen molar-refractivity contribution in [1.29, 1.82) is 0 Å². The second-order valence-electron chi connectivity index (χ2n) is 8.35. The Morgan fingerprint density at radius 2 is 1.65 bits per heavy atom. The predicted octanol–water partition coefficient (Wildman–Crippen LogP) is 3.68. The number of nitrogens with zero attached hydrogens (tertiary/aromatic N) is 2. The largest absolute Gasteiger partial charge is 0.468 e. The maximum absolute atomic E-state index is 12.5. The van der Waals surface area contributed by atoms with E-state index in [0.29, 0.717) is 0 Å². The Morgan fingerprint density at radius 1 is 1.00 bits per heavy atom. The summed E-state index contributed by atoms with van der Waals surface area (Å²) in [5.74, 6) is -0.233. The fourth-order valence-electron chi connectivity index (χ4n) is 4.24. The van der Waals surface area contributed by atoms with E-state index in [4.69, 9.17) is 4.74 Å². The number of carbonyl (C=O) groups is 2. The monoisotopic (exact) mass is 423 g/mol. The van der Waals surface area contributed by atoms with Gasteiger partial charge in [-0.25, -0.2) is 0 Å². The molecule has 0 saturated carbocycles. The van der Waals surface area contributed by atoms with Gasteiger partial charge in [-0.3, -0.25) is 14.5 Å². The topological polar surface area (TPSA) is 61.9 Å². The molecule has 1 aliphatic heterocycles. The van der Waals surface area contributed by atoms with Crippen molar-refractivity contribution in [3.05, 3.63) is 60.2 Å². The lowest BCUT2D eigenvalue weighted by molar-refractivity contribution is -0.147. The van der Waals surface area contributed by atoms with Crippen LogP contribution in [0.15, 0.2) is 54.6 Å². The summed E-state index contributed by atoms with van der Waals surface area (Å²) in [5.41, 5.74) is 2.39. The van der Waals surface area contributed by atoms with E-state index in [2.05, 4.69) is 27.2 Å². The minimum atomic E-state index is -0.618. The summed E-state index contributed by atoms with van der Waals surface area (Å²) in [6.45, 7) is 8.38. The molecular weight excluding hydrogens is 390 g/mol. The Labute approximate surface area is 185 Å². The van der Waals surface area contributed by atoms with E-state index in [9.17, 15) is 9.59 Å². The fraction of sp³-hybridized carbons (Fsp3) is 0.440. The van der Waals surface area contributed by atoms with Crippen LogP contribution >= 0.6 is 0 Å². The van der Waals surface area contributed by atoms with Crippen LogP contribution in [-0.2, 0) is 19.7 Å². The molecule has 2 aromatic carbocycles. The van der Waals surface area contributed by atoms with Crippen LogP contribution in [0.4, 0.5) is 11.4 Å². The van der Waals surface area contributed by atoms with Gasteiger partial charge in [-0.05, 0) is 56.1 Å². The number of esters is 1. The summed E-state index contributed by atoms with van der Waals surface area (Å²) in [4.78, 5) is 28.5. The third kappa shape index (κ3) is 5.85. The van der Waals surface area contributed by atoms with Gasteiger partial charge >= 0.3 is 5.97 Å². The van der Waals surface area contributed by atoms with Crippen LogP contribution in [0.1, 0.15) is 32.3 Å². The lowest BCUT2D eigenvalue weighted by atomic mass is 9.78. The Hall–Kier alpha value is -2.86. The van der Waals surface area contributed by atoms with Crippen molar-refractivity contribution < 1.29 is 14.3 Å². The molecule has 1 N–H and O–H groups in total. The predicted molar refractivity (Wildman–Crippen MR) is 124 cm³/mol. The molecule has 6 heteroatoms. The zero-order valence-corrected chi connectivity index (χ0v) is 18.8. The standard InChI is InChI=1S/C25H33N3O3/c1-20(29)26-22-10-12-23(13-11-22)28-18-16-27(17-19-28)15-7-14-25(2,24(30)31-3)21-8-5-4-6-9-21/h4-6,8-13H,7,14-19H2,1-3H3,(H,26,29). The highest BCUT2D eigenvalue weighted by atomic mass is 16.5. The number of methoxy groups -OCH3 is 1. The molecule has 0 aromatic heterocycles. The van der Waals surface area contributed by atoms with Gasteiger partial charge < -0.3 is 15.0 Å². The number of amides is 1. The second-order valence-corrected chi connectivity index (χ2v) is 8.35. The van der Waals surface area contributed by atoms with Crippen molar-refractivity contribution in [2.24, 2.45) is 0 Å². The molecule has 3 rings (SSSR count). The molecule has 1 saturated heterocycles. The Kier molecular flexibility index (Phi) is 7.69. The Bertz CT molecular complexity index is 861. The third-order valence-electron chi connectivity index (χ3n) is 6.12. The molecule has 1 atom stereocenters. The lowest BCUT2D eigenvalue weighted by Gasteiger charge is -2.36. The number of anilines is 2. The van der Waals surface area contributed by atoms with E-state index in [1.807, 2.05) is 49.4 Å². The maximum atomic E-state index is 12.5. The van der Waals surface area contributed by atoms with Gasteiger partial charge in [0.15, 0.2) is 0 Å². The molecule has 166 valence electrons. The number of hydrogen-bond donors (Lipinski definition) is 1. The highest BCUT2D eigenvalue weighted by Crippen LogP contribution is 2.30. The van der Waals surface area contributed by atoms with Crippen LogP contribution in [0.2, 0.25) is 0 Å². The van der Waals surface area contributed by atoms with Gasteiger partial charge in [-0.15, -0.1) is 0 Å². The summed E-state index contributed by atoms with van der Waals surface area (Å²) < 4.78 is 5.12. The number of nitrogens with one attached hydrogen (secondary N) is 1. The number of rotatable bonds is 8. The number of hydrogen-bond acceptors (Lipinski definition) is 5. The minimum Gasteiger partial charge on any atom is -0.468 e. The second kappa shape index (κ2) is 10.4. The van der Waals surface area contributed by atoms with E-state index in [1.54, 1.807) is 0 Å². The van der Waals surface area contributed by atoms with E-state index >= 15 is 0 Å². The van der Waals surface area contributed by atoms with Crippen molar-refractivity contribution in [3.63, 3.8) is 0 Å². The van der Waals surface area contributed by atoms with Crippen LogP contribution < -0.4 is 10.2 Å². The van der Waals surface area contributed by atoms with Crippen molar-refractivity contribution in [1.82, 2.24) is 4.90 Å². The maximum Gasteiger partial charge on any atom is 0.315 e. The highest BCUT2D eigenvalue weighted by Gasteiger charge is 2.35. The first-order valence-corrected chi connectivity index (χ1v) is 10.9. The Morgan fingerprint density at radius 3 is 2.23 bits per heavy atom. The van der Waals surface area contributed by atoms with Gasteiger partial charge in [-0.2, -0.15) is 0 Å². The van der Waals surface area contributed by atoms with Crippen LogP contribution in [0.5, 0.6) is 0 Å². The molecule has 0 bridgehead atoms. The Balaban J connectivity index is 1.49. The number of piperazine rings is 1. The number of carbonyl (C=O) groups excluding carboxylic acids is 2. The molecule has 1 amide bonds. The van der Waals surface area contributed by atoms with Crippen molar-refractivity contribution in [2.45, 2.75) is 32.1 Å². The summed E-state index contributed by atoms with van der Waals surface area (Å²) >= 11 is 0. The summed E-state index contributed by atoms with van der Waals surface area (Å²) in [5, 5.41) is 2.80. The van der Waals surface area contributed by atoms with Crippen molar-refractivity contribution >= 4 is 23.3 Å². The summed E-state index contributed by atoms with van der Waals surface area (Å²) in [7, 11) is 1.46. The molecule has 1 unspecified atom stereocenters. The fourth-order valence-corrected chi connectivity index (χ4v) is 4.24. The zero-order valence-electron chi connectivity index (χ0n) is 18.8. The average molecular weight is 424 g/mol. The molecule has 6 nitrogen and oxygen atoms in total. The first-order chi connectivity index (χ1) is 14.9. The van der Waals surface area contributed by atoms with E-state index in [1.165, 1.54) is 19.7 Å². The van der Waals surface area contributed by atoms with E-state index in [0.717, 1.165) is 56.8 Å². The normalized spacial score (nSPS) is 16.4. The van der Waals surface area contributed by atoms with Crippen molar-refractivity contribution in [2.75, 3.05) is 50.1 Å². The van der Waals surface area contributed by atoms with Gasteiger partial charge in [0.2, 0.25) is 5.91 Å². The van der Waals surface area contributed by atoms with Crippen LogP contribution in [-0.4, -0.2) is 56.6 Å². The van der Waals surface area contributed by atoms with Gasteiger partial charge in [0.1, 0.15) is 0 Å². The molecule has 31 heavy (non-hydrogen) atoms. The molecule has 0 radical (unpaired) electrons. The molecule has 0 spiro atoms. The zero-order chi connectivity index (χ0) is 22.3. The molecule has 0 aliphatic carbocycles. The minimum absolute atomic E-state index is 0.0584. The van der Waals surface area contributed by atoms with Crippen molar-refractivity contribution in [3.8, 4) is 0 Å². The summed E-state index contributed by atoms with van der Waals surface area (Å²) in [6, 6.07) is 17.9. The summed E-state index contributed by atoms with van der Waals surface area (Å²) in [6.07, 6.45) is 1.69. The quantitative estimate of drug-likeness (QED) is 0.657. The molecular formula is C25H33N3O3. The molecule has 2 aromatic rings. The van der Waals surface area contributed by atoms with Crippen LogP contribution in [0, 0.1) is 0 Å². The third-order valence-corrected chi connectivity index (χ3v) is 6.12. The van der Waals surface area contributed by atoms with Gasteiger partial charge in [0.25, 0.3) is 0 Å². The lowest BCUT2D eigenvalue weighted by Crippen LogP contribution is -2.47. The molecule has 1 aliphatic rings. The smallest absolute Gasteiger partial charge is 0.315 e. The van der Waals surface area contributed by atoms with Crippen LogP contribution in [0.3, 0.4) is 0 Å².